The first kappa shape index (κ1) is 31.0. The van der Waals surface area contributed by atoms with Crippen molar-refractivity contribution < 1.29 is 22.6 Å². The molecule has 0 spiro atoms. The highest BCUT2D eigenvalue weighted by molar-refractivity contribution is 6.08. The summed E-state index contributed by atoms with van der Waals surface area (Å²) in [7, 11) is 0. The minimum Gasteiger partial charge on any atom is -0.491 e. The lowest BCUT2D eigenvalue weighted by Crippen LogP contribution is -2.35. The molecular weight excluding hydrogens is 617 g/mol. The van der Waals surface area contributed by atoms with Gasteiger partial charge in [0, 0.05) is 39.1 Å². The van der Waals surface area contributed by atoms with Crippen LogP contribution in [0.5, 0.6) is 11.5 Å². The molecule has 0 bridgehead atoms. The largest absolute Gasteiger partial charge is 0.491 e. The van der Waals surface area contributed by atoms with Gasteiger partial charge in [-0.2, -0.15) is 0 Å². The van der Waals surface area contributed by atoms with Gasteiger partial charge in [-0.3, -0.25) is 0 Å². The molecule has 1 aliphatic carbocycles. The molecule has 0 aromatic heterocycles. The molecule has 2 aliphatic rings. The van der Waals surface area contributed by atoms with E-state index in [1.165, 1.54) is 24.3 Å². The van der Waals surface area contributed by atoms with E-state index in [4.69, 9.17) is 9.47 Å². The van der Waals surface area contributed by atoms with Crippen molar-refractivity contribution >= 4 is 16.8 Å². The maximum absolute atomic E-state index is 15.0. The maximum Gasteiger partial charge on any atom is 0.178 e. The number of rotatable bonds is 6. The lowest BCUT2D eigenvalue weighted by Gasteiger charge is -2.38. The molecule has 0 saturated carbocycles. The fourth-order valence-corrected chi connectivity index (χ4v) is 7.60. The summed E-state index contributed by atoms with van der Waals surface area (Å²) in [5, 5.41) is 2.01. The molecule has 49 heavy (non-hydrogen) atoms. The van der Waals surface area contributed by atoms with Crippen molar-refractivity contribution in [2.75, 3.05) is 0 Å². The first-order valence-electron chi connectivity index (χ1n) is 16.7. The first-order chi connectivity index (χ1) is 23.6. The molecule has 0 amide bonds. The van der Waals surface area contributed by atoms with Gasteiger partial charge >= 0.3 is 0 Å². The minimum atomic E-state index is -1.05. The Kier molecular flexibility index (Phi) is 7.22. The Bertz CT molecular complexity index is 2290. The quantitative estimate of drug-likeness (QED) is 0.178. The SMILES string of the molecule is CCC(C)Oc1ccc(C2(c3ccc(F)cc3)C=Cc3c4c(c5ccccc5c3O2)-c2ccc(-c3ccc(F)cc3F)cc2C4(C)C)cc1. The van der Waals surface area contributed by atoms with E-state index in [2.05, 4.69) is 51.1 Å². The van der Waals surface area contributed by atoms with Gasteiger partial charge in [0.1, 0.15) is 29.0 Å². The molecule has 1 aliphatic heterocycles. The van der Waals surface area contributed by atoms with Crippen LogP contribution in [0.1, 0.15) is 61.9 Å². The highest BCUT2D eigenvalue weighted by atomic mass is 19.1. The normalized spacial score (nSPS) is 17.6. The van der Waals surface area contributed by atoms with Crippen molar-refractivity contribution in [1.82, 2.24) is 0 Å². The molecule has 0 N–H and O–H groups in total. The zero-order valence-electron chi connectivity index (χ0n) is 27.8. The molecule has 2 nitrogen and oxygen atoms in total. The lowest BCUT2D eigenvalue weighted by atomic mass is 9.76. The van der Waals surface area contributed by atoms with Crippen LogP contribution >= 0.6 is 0 Å². The third-order valence-corrected chi connectivity index (χ3v) is 10.3. The monoisotopic (exact) mass is 652 g/mol. The van der Waals surface area contributed by atoms with Gasteiger partial charge in [0.05, 0.1) is 6.10 Å². The molecule has 5 heteroatoms. The predicted octanol–water partition coefficient (Wildman–Crippen LogP) is 11.8. The number of hydrogen-bond donors (Lipinski definition) is 0. The second-order valence-corrected chi connectivity index (χ2v) is 13.6. The van der Waals surface area contributed by atoms with E-state index in [-0.39, 0.29) is 11.9 Å². The van der Waals surface area contributed by atoms with E-state index in [0.717, 1.165) is 73.7 Å². The Balaban J connectivity index is 1.33. The van der Waals surface area contributed by atoms with Crippen LogP contribution in [0.15, 0.2) is 115 Å². The van der Waals surface area contributed by atoms with E-state index < -0.39 is 22.7 Å². The lowest BCUT2D eigenvalue weighted by molar-refractivity contribution is 0.163. The number of ether oxygens (including phenoxy) is 2. The third kappa shape index (κ3) is 4.86. The van der Waals surface area contributed by atoms with Gasteiger partial charge in [0.15, 0.2) is 5.60 Å². The van der Waals surface area contributed by atoms with Gasteiger partial charge in [0.2, 0.25) is 0 Å². The van der Waals surface area contributed by atoms with Gasteiger partial charge < -0.3 is 9.47 Å². The highest BCUT2D eigenvalue weighted by Crippen LogP contribution is 2.58. The molecule has 6 aromatic rings. The molecule has 2 unspecified atom stereocenters. The Labute approximate surface area is 284 Å². The molecule has 0 radical (unpaired) electrons. The minimum absolute atomic E-state index is 0.0846. The van der Waals surface area contributed by atoms with Gasteiger partial charge in [0.25, 0.3) is 0 Å². The second-order valence-electron chi connectivity index (χ2n) is 13.6. The van der Waals surface area contributed by atoms with E-state index in [1.807, 2.05) is 55.5 Å². The van der Waals surface area contributed by atoms with Crippen LogP contribution in [0.2, 0.25) is 0 Å². The Hall–Kier alpha value is -5.29. The Morgan fingerprint density at radius 2 is 1.39 bits per heavy atom. The summed E-state index contributed by atoms with van der Waals surface area (Å²) in [4.78, 5) is 0. The van der Waals surface area contributed by atoms with Crippen molar-refractivity contribution in [2.45, 2.75) is 51.2 Å². The van der Waals surface area contributed by atoms with Gasteiger partial charge in [-0.25, -0.2) is 13.2 Å². The maximum atomic E-state index is 15.0. The van der Waals surface area contributed by atoms with Crippen LogP contribution in [-0.4, -0.2) is 6.10 Å². The first-order valence-corrected chi connectivity index (χ1v) is 16.7. The summed E-state index contributed by atoms with van der Waals surface area (Å²) in [6, 6.07) is 32.4. The summed E-state index contributed by atoms with van der Waals surface area (Å²) in [6.07, 6.45) is 5.19. The molecule has 0 fully saturated rings. The molecule has 244 valence electrons. The Morgan fingerprint density at radius 3 is 2.08 bits per heavy atom. The number of hydrogen-bond acceptors (Lipinski definition) is 2. The van der Waals surface area contributed by atoms with Crippen LogP contribution in [0.25, 0.3) is 39.1 Å². The van der Waals surface area contributed by atoms with Gasteiger partial charge in [-0.15, -0.1) is 0 Å². The molecule has 2 atom stereocenters. The fraction of sp³-hybridized carbons (Fsp3) is 0.182. The summed E-state index contributed by atoms with van der Waals surface area (Å²) >= 11 is 0. The number of fused-ring (bicyclic) bond motifs is 8. The zero-order chi connectivity index (χ0) is 34.1. The Morgan fingerprint density at radius 1 is 0.735 bits per heavy atom. The molecule has 0 saturated heterocycles. The molecule has 6 aromatic carbocycles. The van der Waals surface area contributed by atoms with Crippen LogP contribution in [-0.2, 0) is 11.0 Å². The summed E-state index contributed by atoms with van der Waals surface area (Å²) in [5.41, 5.74) is 6.55. The molecule has 8 rings (SSSR count). The van der Waals surface area contributed by atoms with Crippen LogP contribution in [0.4, 0.5) is 13.2 Å². The standard InChI is InChI=1S/C44H35F3O2/c1-5-26(2)48-32-18-13-29(14-19-32)44(28-11-15-30(45)16-12-28)23-22-37-41-40(34-8-6-7-9-35(34)42(37)49-44)36-20-10-27(24-38(36)43(41,3)4)33-21-17-31(46)25-39(33)47/h6-26H,5H2,1-4H3. The van der Waals surface area contributed by atoms with E-state index in [1.54, 1.807) is 12.1 Å². The average molecular weight is 653 g/mol. The van der Waals surface area contributed by atoms with Crippen molar-refractivity contribution in [3.63, 3.8) is 0 Å². The fourth-order valence-electron chi connectivity index (χ4n) is 7.60. The van der Waals surface area contributed by atoms with Crippen molar-refractivity contribution in [3.8, 4) is 33.8 Å². The number of benzene rings is 6. The zero-order valence-corrected chi connectivity index (χ0v) is 27.8. The summed E-state index contributed by atoms with van der Waals surface area (Å²) in [5.74, 6) is -0.00258. The average Bonchev–Trinajstić information content (AvgIpc) is 3.35. The van der Waals surface area contributed by atoms with Gasteiger partial charge in [-0.05, 0) is 95.1 Å². The molecular formula is C44H35F3O2. The predicted molar refractivity (Wildman–Crippen MR) is 191 cm³/mol. The molecule has 1 heterocycles. The van der Waals surface area contributed by atoms with Crippen LogP contribution in [0, 0.1) is 17.5 Å². The number of halogens is 3. The topological polar surface area (TPSA) is 18.5 Å². The van der Waals surface area contributed by atoms with E-state index in [0.29, 0.717) is 11.1 Å². The highest BCUT2D eigenvalue weighted by Gasteiger charge is 2.44. The van der Waals surface area contributed by atoms with Crippen molar-refractivity contribution in [3.05, 3.63) is 161 Å². The second kappa shape index (κ2) is 11.4. The smallest absolute Gasteiger partial charge is 0.178 e. The van der Waals surface area contributed by atoms with Gasteiger partial charge in [-0.1, -0.05) is 87.5 Å². The van der Waals surface area contributed by atoms with Crippen molar-refractivity contribution in [1.29, 1.82) is 0 Å². The summed E-state index contributed by atoms with van der Waals surface area (Å²) < 4.78 is 56.4. The van der Waals surface area contributed by atoms with Crippen LogP contribution < -0.4 is 9.47 Å². The van der Waals surface area contributed by atoms with E-state index in [9.17, 15) is 13.2 Å². The third-order valence-electron chi connectivity index (χ3n) is 10.3. The summed E-state index contributed by atoms with van der Waals surface area (Å²) in [6.45, 7) is 8.50. The van der Waals surface area contributed by atoms with E-state index >= 15 is 0 Å². The van der Waals surface area contributed by atoms with Crippen molar-refractivity contribution in [2.24, 2.45) is 0 Å². The van der Waals surface area contributed by atoms with Crippen LogP contribution in [0.3, 0.4) is 0 Å².